The number of benzene rings is 1. The zero-order valence-corrected chi connectivity index (χ0v) is 11.0. The quantitative estimate of drug-likeness (QED) is 0.902. The van der Waals surface area contributed by atoms with E-state index in [0.29, 0.717) is 5.71 Å². The lowest BCUT2D eigenvalue weighted by atomic mass is 10.0. The molecular weight excluding hydrogens is 261 g/mol. The first kappa shape index (κ1) is 13.9. The predicted octanol–water partition coefficient (Wildman–Crippen LogP) is 1.30. The Labute approximate surface area is 115 Å². The molecule has 0 saturated carbocycles. The van der Waals surface area contributed by atoms with E-state index in [4.69, 9.17) is 5.73 Å². The minimum atomic E-state index is -0.610. The van der Waals surface area contributed by atoms with Crippen LogP contribution in [0.15, 0.2) is 34.9 Å². The third-order valence-corrected chi connectivity index (χ3v) is 2.88. The molecule has 0 bridgehead atoms. The Morgan fingerprint density at radius 3 is 2.70 bits per heavy atom. The second-order valence-electron chi connectivity index (χ2n) is 4.50. The highest BCUT2D eigenvalue weighted by atomic mass is 19.1. The monoisotopic (exact) mass is 275 g/mol. The molecule has 2 amide bonds. The summed E-state index contributed by atoms with van der Waals surface area (Å²) in [6, 6.07) is 5.94. The lowest BCUT2D eigenvalue weighted by Gasteiger charge is -2.22. The molecule has 0 radical (unpaired) electrons. The van der Waals surface area contributed by atoms with Gasteiger partial charge < -0.3 is 5.73 Å². The lowest BCUT2D eigenvalue weighted by Crippen LogP contribution is -2.38. The number of nitrogens with two attached hydrogens (primary N) is 1. The smallest absolute Gasteiger partial charge is 0.247 e. The summed E-state index contributed by atoms with van der Waals surface area (Å²) < 4.78 is 12.8. The van der Waals surface area contributed by atoms with Gasteiger partial charge in [0.15, 0.2) is 0 Å². The number of primary amides is 1. The summed E-state index contributed by atoms with van der Waals surface area (Å²) in [7, 11) is 0. The van der Waals surface area contributed by atoms with Gasteiger partial charge in [0.1, 0.15) is 12.4 Å². The molecule has 2 N–H and O–H groups in total. The van der Waals surface area contributed by atoms with E-state index >= 15 is 0 Å². The average molecular weight is 275 g/mol. The molecule has 5 nitrogen and oxygen atoms in total. The van der Waals surface area contributed by atoms with Crippen LogP contribution in [0.3, 0.4) is 0 Å². The third kappa shape index (κ3) is 3.28. The van der Waals surface area contributed by atoms with E-state index in [1.54, 1.807) is 25.1 Å². The largest absolute Gasteiger partial charge is 0.368 e. The Bertz CT molecular complexity index is 605. The van der Waals surface area contributed by atoms with Crippen LogP contribution in [0.2, 0.25) is 0 Å². The SMILES string of the molecule is CC1=NN(CC(N)=O)C(=O)C/C1=C/c1ccc(F)cc1. The minimum absolute atomic E-state index is 0.139. The van der Waals surface area contributed by atoms with Gasteiger partial charge in [-0.15, -0.1) is 0 Å². The molecule has 0 saturated heterocycles. The molecule has 1 aliphatic rings. The van der Waals surface area contributed by atoms with E-state index in [2.05, 4.69) is 5.10 Å². The maximum absolute atomic E-state index is 12.8. The molecule has 0 atom stereocenters. The zero-order chi connectivity index (χ0) is 14.7. The fourth-order valence-electron chi connectivity index (χ4n) is 1.87. The van der Waals surface area contributed by atoms with Crippen molar-refractivity contribution in [2.24, 2.45) is 10.8 Å². The summed E-state index contributed by atoms with van der Waals surface area (Å²) in [5.74, 6) is -1.21. The summed E-state index contributed by atoms with van der Waals surface area (Å²) in [6.45, 7) is 1.52. The topological polar surface area (TPSA) is 75.8 Å². The summed E-state index contributed by atoms with van der Waals surface area (Å²) in [5.41, 5.74) is 7.21. The Morgan fingerprint density at radius 2 is 2.10 bits per heavy atom. The number of nitrogens with zero attached hydrogens (tertiary/aromatic N) is 2. The molecule has 0 fully saturated rings. The van der Waals surface area contributed by atoms with Gasteiger partial charge in [-0.3, -0.25) is 9.59 Å². The minimum Gasteiger partial charge on any atom is -0.368 e. The average Bonchev–Trinajstić information content (AvgIpc) is 2.37. The van der Waals surface area contributed by atoms with E-state index in [-0.39, 0.29) is 24.7 Å². The van der Waals surface area contributed by atoms with Gasteiger partial charge in [-0.25, -0.2) is 9.40 Å². The van der Waals surface area contributed by atoms with Crippen LogP contribution in [0.1, 0.15) is 18.9 Å². The fraction of sp³-hybridized carbons (Fsp3) is 0.214. The number of halogens is 1. The summed E-state index contributed by atoms with van der Waals surface area (Å²) >= 11 is 0. The van der Waals surface area contributed by atoms with Gasteiger partial charge in [0.2, 0.25) is 11.8 Å². The summed E-state index contributed by atoms with van der Waals surface area (Å²) in [5, 5.41) is 5.12. The number of carbonyl (C=O) groups excluding carboxylic acids is 2. The Balaban J connectivity index is 2.24. The van der Waals surface area contributed by atoms with E-state index in [0.717, 1.165) is 16.1 Å². The van der Waals surface area contributed by atoms with Crippen molar-refractivity contribution < 1.29 is 14.0 Å². The van der Waals surface area contributed by atoms with E-state index in [9.17, 15) is 14.0 Å². The van der Waals surface area contributed by atoms with Crippen LogP contribution in [-0.4, -0.2) is 29.1 Å². The van der Waals surface area contributed by atoms with E-state index in [1.165, 1.54) is 12.1 Å². The zero-order valence-electron chi connectivity index (χ0n) is 11.0. The van der Waals surface area contributed by atoms with Crippen molar-refractivity contribution in [2.75, 3.05) is 6.54 Å². The lowest BCUT2D eigenvalue weighted by molar-refractivity contribution is -0.134. The molecule has 2 rings (SSSR count). The maximum atomic E-state index is 12.8. The van der Waals surface area contributed by atoms with Crippen LogP contribution in [0.4, 0.5) is 4.39 Å². The van der Waals surface area contributed by atoms with E-state index < -0.39 is 5.91 Å². The molecule has 1 aromatic rings. The fourth-order valence-corrected chi connectivity index (χ4v) is 1.87. The Hall–Kier alpha value is -2.50. The number of rotatable bonds is 3. The van der Waals surface area contributed by atoms with Crippen molar-refractivity contribution in [3.8, 4) is 0 Å². The number of hydrogen-bond acceptors (Lipinski definition) is 3. The number of hydrogen-bond donors (Lipinski definition) is 1. The van der Waals surface area contributed by atoms with Gasteiger partial charge in [-0.05, 0) is 36.3 Å². The molecule has 0 aliphatic carbocycles. The van der Waals surface area contributed by atoms with Gasteiger partial charge >= 0.3 is 0 Å². The predicted molar refractivity (Wildman–Crippen MR) is 73.0 cm³/mol. The van der Waals surface area contributed by atoms with Crippen molar-refractivity contribution in [2.45, 2.75) is 13.3 Å². The van der Waals surface area contributed by atoms with Crippen molar-refractivity contribution in [1.29, 1.82) is 0 Å². The summed E-state index contributed by atoms with van der Waals surface area (Å²) in [4.78, 5) is 22.7. The molecule has 0 aromatic heterocycles. The van der Waals surface area contributed by atoms with Crippen molar-refractivity contribution in [3.63, 3.8) is 0 Å². The maximum Gasteiger partial charge on any atom is 0.247 e. The van der Waals surface area contributed by atoms with Gasteiger partial charge in [0, 0.05) is 0 Å². The van der Waals surface area contributed by atoms with Crippen LogP contribution < -0.4 is 5.73 Å². The van der Waals surface area contributed by atoms with Crippen molar-refractivity contribution in [3.05, 3.63) is 41.2 Å². The Morgan fingerprint density at radius 1 is 1.45 bits per heavy atom. The second-order valence-corrected chi connectivity index (χ2v) is 4.50. The summed E-state index contributed by atoms with van der Waals surface area (Å²) in [6.07, 6.45) is 1.91. The van der Waals surface area contributed by atoms with Crippen LogP contribution in [0.5, 0.6) is 0 Å². The van der Waals surface area contributed by atoms with Crippen molar-refractivity contribution >= 4 is 23.6 Å². The molecular formula is C14H14FN3O2. The van der Waals surface area contributed by atoms with Crippen LogP contribution in [0.25, 0.3) is 6.08 Å². The van der Waals surface area contributed by atoms with Gasteiger partial charge in [0.25, 0.3) is 0 Å². The third-order valence-electron chi connectivity index (χ3n) is 2.88. The van der Waals surface area contributed by atoms with Crippen LogP contribution in [-0.2, 0) is 9.59 Å². The molecule has 0 unspecified atom stereocenters. The van der Waals surface area contributed by atoms with Gasteiger partial charge in [-0.1, -0.05) is 12.1 Å². The van der Waals surface area contributed by atoms with Crippen molar-refractivity contribution in [1.82, 2.24) is 5.01 Å². The number of carbonyl (C=O) groups is 2. The standard InChI is InChI=1S/C14H14FN3O2/c1-9-11(6-10-2-4-12(15)5-3-10)7-14(20)18(17-9)8-13(16)19/h2-6H,7-8H2,1H3,(H2,16,19)/b11-6-. The first-order chi connectivity index (χ1) is 9.45. The number of hydrazone groups is 1. The highest BCUT2D eigenvalue weighted by Crippen LogP contribution is 2.18. The molecule has 1 heterocycles. The van der Waals surface area contributed by atoms with Gasteiger partial charge in [-0.2, -0.15) is 5.10 Å². The molecule has 1 aromatic carbocycles. The van der Waals surface area contributed by atoms with Crippen LogP contribution in [0, 0.1) is 5.82 Å². The normalized spacial score (nSPS) is 17.3. The number of amides is 2. The molecule has 0 spiro atoms. The molecule has 1 aliphatic heterocycles. The molecule has 6 heteroatoms. The molecule has 104 valence electrons. The first-order valence-corrected chi connectivity index (χ1v) is 6.06. The van der Waals surface area contributed by atoms with E-state index in [1.807, 2.05) is 0 Å². The Kier molecular flexibility index (Phi) is 3.93. The highest BCUT2D eigenvalue weighted by Gasteiger charge is 2.23. The second kappa shape index (κ2) is 5.64. The molecule has 20 heavy (non-hydrogen) atoms. The van der Waals surface area contributed by atoms with Crippen LogP contribution >= 0.6 is 0 Å². The first-order valence-electron chi connectivity index (χ1n) is 6.06. The highest BCUT2D eigenvalue weighted by molar-refractivity contribution is 6.08. The van der Waals surface area contributed by atoms with Gasteiger partial charge in [0.05, 0.1) is 12.1 Å².